The van der Waals surface area contributed by atoms with E-state index in [0.29, 0.717) is 12.0 Å². The molecule has 6 N–H and O–H groups in total. The first kappa shape index (κ1) is 32.8. The Labute approximate surface area is 242 Å². The third-order valence-electron chi connectivity index (χ3n) is 8.84. The highest BCUT2D eigenvalue weighted by atomic mass is 35.5. The topological polar surface area (TPSA) is 152 Å². The van der Waals surface area contributed by atoms with E-state index in [1.807, 2.05) is 50.4 Å². The minimum absolute atomic E-state index is 0. The van der Waals surface area contributed by atoms with Gasteiger partial charge in [-0.15, -0.1) is 12.4 Å². The maximum Gasteiger partial charge on any atom is 0.466 e. The van der Waals surface area contributed by atoms with Crippen molar-refractivity contribution >= 4 is 20.2 Å². The molecule has 0 aromatic heterocycles. The van der Waals surface area contributed by atoms with E-state index in [0.717, 1.165) is 49.3 Å². The Balaban J connectivity index is 0.000000209. The van der Waals surface area contributed by atoms with Crippen LogP contribution in [0.1, 0.15) is 49.0 Å². The maximum atomic E-state index is 10.6. The molecular weight excluding hydrogens is 559 g/mol. The molecule has 6 rings (SSSR count). The number of hydrogen-bond acceptors (Lipinski definition) is 7. The first-order chi connectivity index (χ1) is 18.4. The second-order valence-electron chi connectivity index (χ2n) is 10.9. The molecule has 2 aliphatic heterocycles. The summed E-state index contributed by atoms with van der Waals surface area (Å²) in [6.07, 6.45) is 3.27. The van der Waals surface area contributed by atoms with Gasteiger partial charge in [0.15, 0.2) is 11.5 Å². The average Bonchev–Trinajstić information content (AvgIpc) is 3.26. The Hall–Kier alpha value is -1.72. The van der Waals surface area contributed by atoms with Gasteiger partial charge in [0.1, 0.15) is 6.10 Å². The zero-order valence-corrected chi connectivity index (χ0v) is 25.0. The normalized spacial score (nSPS) is 29.1. The third-order valence-corrected chi connectivity index (χ3v) is 8.84. The molecule has 1 saturated heterocycles. The average molecular weight is 601 g/mol. The highest BCUT2D eigenvalue weighted by molar-refractivity contribution is 7.45. The maximum absolute atomic E-state index is 10.6. The number of aliphatic hydroxyl groups excluding tert-OH is 2. The van der Waals surface area contributed by atoms with Crippen molar-refractivity contribution in [2.45, 2.75) is 68.4 Å². The van der Waals surface area contributed by atoms with Crippen molar-refractivity contribution in [3.8, 4) is 11.5 Å². The van der Waals surface area contributed by atoms with Crippen molar-refractivity contribution < 1.29 is 38.9 Å². The van der Waals surface area contributed by atoms with Crippen LogP contribution < -0.4 is 14.8 Å². The van der Waals surface area contributed by atoms with Crippen LogP contribution in [0.2, 0.25) is 0 Å². The van der Waals surface area contributed by atoms with Gasteiger partial charge in [0.25, 0.3) is 0 Å². The lowest BCUT2D eigenvalue weighted by molar-refractivity contribution is -0.0993. The smallest absolute Gasteiger partial charge is 0.466 e. The van der Waals surface area contributed by atoms with E-state index in [2.05, 4.69) is 23.3 Å². The molecule has 10 nitrogen and oxygen atoms in total. The van der Waals surface area contributed by atoms with Crippen molar-refractivity contribution in [1.29, 1.82) is 0 Å². The standard InChI is InChI=1S/C18H23NO3.C10H15NO.ClH.H3O4P/c1-19-8-7-18-11-4-5-13(20)17(18)22-16-14(21-2)6-3-10(15(16)18)9-12(11)19;1-8(11-2)10(12)9-6-4-3-5-7-9;;1-5(2,3)4/h3,6,11-13,17,20H,4-5,7-9H2,1-2H3;3-8,10-12H,1-2H3;1H;(H3,1,2,3,4)/t11-,12+,13-,17-,18-;8-,10-;;/m00../s1. The van der Waals surface area contributed by atoms with Crippen LogP contribution in [0.4, 0.5) is 0 Å². The molecule has 2 bridgehead atoms. The third kappa shape index (κ3) is 6.36. The summed E-state index contributed by atoms with van der Waals surface area (Å²) in [5.74, 6) is 2.34. The number of likely N-dealkylation sites (tertiary alicyclic amines) is 1. The predicted octanol–water partition coefficient (Wildman–Crippen LogP) is 2.55. The molecule has 2 fully saturated rings. The molecule has 2 heterocycles. The predicted molar refractivity (Wildman–Crippen MR) is 154 cm³/mol. The van der Waals surface area contributed by atoms with Gasteiger partial charge < -0.3 is 44.6 Å². The van der Waals surface area contributed by atoms with E-state index in [1.165, 1.54) is 11.1 Å². The Morgan fingerprint density at radius 1 is 1.15 bits per heavy atom. The van der Waals surface area contributed by atoms with Gasteiger partial charge in [0.05, 0.1) is 19.3 Å². The molecule has 7 atom stereocenters. The van der Waals surface area contributed by atoms with Crippen LogP contribution in [-0.2, 0) is 16.4 Å². The summed E-state index contributed by atoms with van der Waals surface area (Å²) in [5, 5.41) is 23.4. The number of nitrogens with zero attached hydrogens (tertiary/aromatic N) is 1. The van der Waals surface area contributed by atoms with Gasteiger partial charge in [0, 0.05) is 23.1 Å². The largest absolute Gasteiger partial charge is 0.493 e. The molecule has 12 heteroatoms. The number of rotatable bonds is 4. The van der Waals surface area contributed by atoms with Gasteiger partial charge >= 0.3 is 7.82 Å². The van der Waals surface area contributed by atoms with Crippen molar-refractivity contribution in [2.24, 2.45) is 5.92 Å². The minimum Gasteiger partial charge on any atom is -0.493 e. The van der Waals surface area contributed by atoms with Gasteiger partial charge in [-0.1, -0.05) is 36.4 Å². The Kier molecular flexibility index (Phi) is 10.7. The molecule has 4 aliphatic rings. The molecule has 2 aliphatic carbocycles. The first-order valence-corrected chi connectivity index (χ1v) is 14.9. The zero-order valence-electron chi connectivity index (χ0n) is 23.3. The van der Waals surface area contributed by atoms with E-state index < -0.39 is 13.9 Å². The lowest BCUT2D eigenvalue weighted by Crippen LogP contribution is -2.66. The van der Waals surface area contributed by atoms with Crippen molar-refractivity contribution in [2.75, 3.05) is 27.7 Å². The molecule has 2 aromatic rings. The summed E-state index contributed by atoms with van der Waals surface area (Å²) in [5.41, 5.74) is 3.73. The zero-order chi connectivity index (χ0) is 28.5. The lowest BCUT2D eigenvalue weighted by Gasteiger charge is -2.58. The number of likely N-dealkylation sites (N-methyl/N-ethyl adjacent to an activating group) is 2. The number of aliphatic hydroxyl groups is 2. The molecule has 2 aromatic carbocycles. The van der Waals surface area contributed by atoms with Crippen LogP contribution in [0.3, 0.4) is 0 Å². The number of methoxy groups -OCH3 is 1. The monoisotopic (exact) mass is 600 g/mol. The van der Waals surface area contributed by atoms with Crippen LogP contribution in [0.5, 0.6) is 11.5 Å². The fourth-order valence-electron chi connectivity index (χ4n) is 6.96. The van der Waals surface area contributed by atoms with Gasteiger partial charge in [-0.05, 0) is 76.4 Å². The van der Waals surface area contributed by atoms with E-state index in [4.69, 9.17) is 28.7 Å². The van der Waals surface area contributed by atoms with Crippen LogP contribution in [-0.4, -0.2) is 81.8 Å². The van der Waals surface area contributed by atoms with Gasteiger partial charge in [-0.2, -0.15) is 0 Å². The quantitative estimate of drug-likeness (QED) is 0.289. The highest BCUT2D eigenvalue weighted by Crippen LogP contribution is 2.63. The van der Waals surface area contributed by atoms with Crippen molar-refractivity contribution in [3.05, 3.63) is 59.2 Å². The summed E-state index contributed by atoms with van der Waals surface area (Å²) in [4.78, 5) is 24.1. The number of benzene rings is 2. The first-order valence-electron chi connectivity index (χ1n) is 13.4. The van der Waals surface area contributed by atoms with Crippen LogP contribution in [0, 0.1) is 5.92 Å². The Morgan fingerprint density at radius 2 is 1.80 bits per heavy atom. The van der Waals surface area contributed by atoms with Gasteiger partial charge in [-0.25, -0.2) is 4.57 Å². The van der Waals surface area contributed by atoms with E-state index in [1.54, 1.807) is 7.11 Å². The molecule has 1 spiro atoms. The lowest BCUT2D eigenvalue weighted by atomic mass is 9.51. The van der Waals surface area contributed by atoms with Gasteiger partial charge in [0.2, 0.25) is 0 Å². The summed E-state index contributed by atoms with van der Waals surface area (Å²) in [6.45, 7) is 3.04. The van der Waals surface area contributed by atoms with E-state index in [9.17, 15) is 10.2 Å². The number of halogens is 1. The van der Waals surface area contributed by atoms with Crippen molar-refractivity contribution in [1.82, 2.24) is 10.2 Å². The Bertz CT molecular complexity index is 1180. The number of phosphoric acid groups is 1. The second-order valence-corrected chi connectivity index (χ2v) is 11.9. The second kappa shape index (κ2) is 13.1. The van der Waals surface area contributed by atoms with Crippen LogP contribution in [0.15, 0.2) is 42.5 Å². The fourth-order valence-corrected chi connectivity index (χ4v) is 6.96. The molecule has 0 unspecified atom stereocenters. The number of hydrogen-bond donors (Lipinski definition) is 6. The number of piperidine rings is 1. The summed E-state index contributed by atoms with van der Waals surface area (Å²) in [7, 11) is 1.16. The van der Waals surface area contributed by atoms with E-state index >= 15 is 0 Å². The number of nitrogens with one attached hydrogen (secondary N) is 1. The van der Waals surface area contributed by atoms with Crippen molar-refractivity contribution in [3.63, 3.8) is 0 Å². The summed E-state index contributed by atoms with van der Waals surface area (Å²) < 4.78 is 20.8. The molecular formula is C28H42ClN2O8P. The van der Waals surface area contributed by atoms with Crippen LogP contribution >= 0.6 is 20.2 Å². The minimum atomic E-state index is -4.64. The summed E-state index contributed by atoms with van der Waals surface area (Å²) in [6, 6.07) is 14.6. The van der Waals surface area contributed by atoms with Gasteiger partial charge in [-0.3, -0.25) is 0 Å². The molecule has 0 amide bonds. The highest BCUT2D eigenvalue weighted by Gasteiger charge is 2.65. The molecule has 1 saturated carbocycles. The van der Waals surface area contributed by atoms with Crippen LogP contribution in [0.25, 0.3) is 0 Å². The number of ether oxygens (including phenoxy) is 2. The molecule has 0 radical (unpaired) electrons. The summed E-state index contributed by atoms with van der Waals surface area (Å²) >= 11 is 0. The fraction of sp³-hybridized carbons (Fsp3) is 0.571. The molecule has 40 heavy (non-hydrogen) atoms. The SMILES string of the molecule is CN[C@@H](C)[C@H](O)c1ccccc1.COc1ccc2c3c1O[C@H]1[C@@H](O)CC[C@H]4[C@@H](C2)N(C)CC[C@@]341.Cl.O=P(O)(O)O. The molecule has 224 valence electrons. The van der Waals surface area contributed by atoms with E-state index in [-0.39, 0.29) is 36.1 Å². The Morgan fingerprint density at radius 3 is 2.40 bits per heavy atom.